The average molecular weight is 409 g/mol. The number of methoxy groups -OCH3 is 1. The van der Waals surface area contributed by atoms with E-state index in [1.54, 1.807) is 18.4 Å². The van der Waals surface area contributed by atoms with Crippen LogP contribution in [0.2, 0.25) is 0 Å². The van der Waals surface area contributed by atoms with Crippen LogP contribution in [0, 0.1) is 0 Å². The zero-order valence-electron chi connectivity index (χ0n) is 16.5. The second-order valence-electron chi connectivity index (χ2n) is 7.03. The second-order valence-corrected chi connectivity index (χ2v) is 8.09. The minimum atomic E-state index is -0.0241. The molecule has 0 bridgehead atoms. The highest BCUT2D eigenvalue weighted by Gasteiger charge is 2.32. The molecule has 1 aliphatic heterocycles. The summed E-state index contributed by atoms with van der Waals surface area (Å²) in [5.41, 5.74) is 2.08. The van der Waals surface area contributed by atoms with E-state index in [9.17, 15) is 4.79 Å². The fraction of sp³-hybridized carbons (Fsp3) is 0.304. The number of para-hydroxylation sites is 1. The highest BCUT2D eigenvalue weighted by atomic mass is 32.1. The number of nitrogens with zero attached hydrogens (tertiary/aromatic N) is 2. The molecule has 0 spiro atoms. The molecular formula is C23H24N2O3S. The molecule has 0 radical (unpaired) electrons. The van der Waals surface area contributed by atoms with Crippen LogP contribution in [-0.4, -0.2) is 36.1 Å². The van der Waals surface area contributed by atoms with E-state index < -0.39 is 0 Å². The average Bonchev–Trinajstić information content (AvgIpc) is 3.39. The van der Waals surface area contributed by atoms with Gasteiger partial charge in [0, 0.05) is 6.54 Å². The first-order chi connectivity index (χ1) is 14.2. The van der Waals surface area contributed by atoms with Crippen molar-refractivity contribution in [2.24, 2.45) is 0 Å². The van der Waals surface area contributed by atoms with E-state index in [-0.39, 0.29) is 18.6 Å². The fourth-order valence-electron chi connectivity index (χ4n) is 3.70. The first-order valence-corrected chi connectivity index (χ1v) is 10.6. The number of benzene rings is 2. The summed E-state index contributed by atoms with van der Waals surface area (Å²) in [6.45, 7) is 4.48. The number of aromatic nitrogens is 1. The van der Waals surface area contributed by atoms with Gasteiger partial charge in [-0.1, -0.05) is 24.3 Å². The van der Waals surface area contributed by atoms with Crippen molar-refractivity contribution in [1.82, 2.24) is 9.88 Å². The molecule has 1 aliphatic rings. The first kappa shape index (κ1) is 19.5. The van der Waals surface area contributed by atoms with Gasteiger partial charge in [-0.25, -0.2) is 4.98 Å². The van der Waals surface area contributed by atoms with Crippen LogP contribution >= 0.6 is 11.3 Å². The Bertz CT molecular complexity index is 997. The van der Waals surface area contributed by atoms with Crippen molar-refractivity contribution >= 4 is 27.5 Å². The summed E-state index contributed by atoms with van der Waals surface area (Å²) >= 11 is 1.67. The molecule has 4 rings (SSSR count). The van der Waals surface area contributed by atoms with Crippen molar-refractivity contribution in [3.8, 4) is 11.5 Å². The summed E-state index contributed by atoms with van der Waals surface area (Å²) < 4.78 is 12.4. The predicted molar refractivity (Wildman–Crippen MR) is 116 cm³/mol. The Morgan fingerprint density at radius 3 is 2.97 bits per heavy atom. The molecule has 2 aromatic carbocycles. The van der Waals surface area contributed by atoms with Gasteiger partial charge in [0.1, 0.15) is 5.01 Å². The van der Waals surface area contributed by atoms with Gasteiger partial charge < -0.3 is 14.4 Å². The van der Waals surface area contributed by atoms with Gasteiger partial charge in [-0.05, 0) is 49.1 Å². The van der Waals surface area contributed by atoms with E-state index in [1.165, 1.54) is 0 Å². The Kier molecular flexibility index (Phi) is 5.81. The number of fused-ring (bicyclic) bond motifs is 1. The zero-order valence-corrected chi connectivity index (χ0v) is 17.3. The molecule has 3 aromatic rings. The molecule has 1 amide bonds. The molecule has 6 heteroatoms. The van der Waals surface area contributed by atoms with Crippen molar-refractivity contribution in [2.45, 2.75) is 25.3 Å². The molecule has 5 nitrogen and oxygen atoms in total. The summed E-state index contributed by atoms with van der Waals surface area (Å²) in [6, 6.07) is 13.9. The number of carbonyl (C=O) groups excluding carboxylic acids is 1. The topological polar surface area (TPSA) is 51.7 Å². The van der Waals surface area contributed by atoms with Crippen LogP contribution in [0.25, 0.3) is 10.2 Å². The maximum absolute atomic E-state index is 12.9. The van der Waals surface area contributed by atoms with Gasteiger partial charge in [0.25, 0.3) is 5.91 Å². The third-order valence-electron chi connectivity index (χ3n) is 5.13. The molecule has 2 heterocycles. The van der Waals surface area contributed by atoms with Crippen molar-refractivity contribution in [2.75, 3.05) is 20.3 Å². The van der Waals surface area contributed by atoms with Crippen molar-refractivity contribution in [3.63, 3.8) is 0 Å². The van der Waals surface area contributed by atoms with Crippen LogP contribution in [0.3, 0.4) is 0 Å². The number of amides is 1. The summed E-state index contributed by atoms with van der Waals surface area (Å²) in [7, 11) is 1.60. The highest BCUT2D eigenvalue weighted by Crippen LogP contribution is 2.36. The molecule has 29 heavy (non-hydrogen) atoms. The van der Waals surface area contributed by atoms with Gasteiger partial charge in [0.2, 0.25) is 0 Å². The van der Waals surface area contributed by atoms with E-state index in [4.69, 9.17) is 14.5 Å². The minimum Gasteiger partial charge on any atom is -0.493 e. The van der Waals surface area contributed by atoms with Crippen LogP contribution < -0.4 is 9.47 Å². The quantitative estimate of drug-likeness (QED) is 0.528. The lowest BCUT2D eigenvalue weighted by molar-refractivity contribution is -0.134. The minimum absolute atomic E-state index is 0.0153. The molecule has 0 saturated carbocycles. The number of likely N-dealkylation sites (tertiary alicyclic amines) is 1. The molecule has 1 unspecified atom stereocenters. The molecule has 1 saturated heterocycles. The van der Waals surface area contributed by atoms with E-state index in [1.807, 2.05) is 47.4 Å². The second kappa shape index (κ2) is 8.66. The first-order valence-electron chi connectivity index (χ1n) is 9.75. The van der Waals surface area contributed by atoms with E-state index in [0.29, 0.717) is 11.5 Å². The third kappa shape index (κ3) is 4.12. The summed E-state index contributed by atoms with van der Waals surface area (Å²) in [5, 5.41) is 1.00. The van der Waals surface area contributed by atoms with Gasteiger partial charge >= 0.3 is 0 Å². The van der Waals surface area contributed by atoms with Crippen molar-refractivity contribution in [1.29, 1.82) is 0 Å². The number of hydrogen-bond donors (Lipinski definition) is 0. The SMILES string of the molecule is C=CCc1ccc(OCC(=O)N2CCCC2c2nc3ccccc3s2)c(OC)c1. The number of carbonyl (C=O) groups is 1. The van der Waals surface area contributed by atoms with Crippen LogP contribution in [0.4, 0.5) is 0 Å². The normalized spacial score (nSPS) is 16.2. The number of thiazole rings is 1. The number of hydrogen-bond acceptors (Lipinski definition) is 5. The zero-order chi connectivity index (χ0) is 20.2. The fourth-order valence-corrected chi connectivity index (χ4v) is 4.82. The Balaban J connectivity index is 1.46. The van der Waals surface area contributed by atoms with Gasteiger partial charge in [-0.3, -0.25) is 4.79 Å². The molecule has 0 aliphatic carbocycles. The Labute approximate surface area is 174 Å². The molecule has 150 valence electrons. The molecule has 1 aromatic heterocycles. The summed E-state index contributed by atoms with van der Waals surface area (Å²) in [5.74, 6) is 1.18. The maximum atomic E-state index is 12.9. The lowest BCUT2D eigenvalue weighted by atomic mass is 10.1. The lowest BCUT2D eigenvalue weighted by Gasteiger charge is -2.23. The summed E-state index contributed by atoms with van der Waals surface area (Å²) in [6.07, 6.45) is 4.51. The Hall–Kier alpha value is -2.86. The van der Waals surface area contributed by atoms with Gasteiger partial charge in [0.15, 0.2) is 18.1 Å². The monoisotopic (exact) mass is 408 g/mol. The van der Waals surface area contributed by atoms with Crippen LogP contribution in [0.15, 0.2) is 55.1 Å². The summed E-state index contributed by atoms with van der Waals surface area (Å²) in [4.78, 5) is 19.6. The highest BCUT2D eigenvalue weighted by molar-refractivity contribution is 7.18. The van der Waals surface area contributed by atoms with Crippen molar-refractivity contribution < 1.29 is 14.3 Å². The number of allylic oxidation sites excluding steroid dienone is 1. The largest absolute Gasteiger partial charge is 0.493 e. The predicted octanol–water partition coefficient (Wildman–Crippen LogP) is 4.78. The molecule has 1 atom stereocenters. The van der Waals surface area contributed by atoms with E-state index in [0.717, 1.165) is 46.6 Å². The maximum Gasteiger partial charge on any atom is 0.261 e. The van der Waals surface area contributed by atoms with Crippen LogP contribution in [0.5, 0.6) is 11.5 Å². The number of rotatable bonds is 7. The van der Waals surface area contributed by atoms with E-state index >= 15 is 0 Å². The number of ether oxygens (including phenoxy) is 2. The van der Waals surface area contributed by atoms with E-state index in [2.05, 4.69) is 12.6 Å². The smallest absolute Gasteiger partial charge is 0.261 e. The van der Waals surface area contributed by atoms with Crippen LogP contribution in [0.1, 0.15) is 29.5 Å². The Morgan fingerprint density at radius 2 is 2.17 bits per heavy atom. The van der Waals surface area contributed by atoms with Gasteiger partial charge in [-0.2, -0.15) is 0 Å². The molecular weight excluding hydrogens is 384 g/mol. The Morgan fingerprint density at radius 1 is 1.31 bits per heavy atom. The molecule has 1 fully saturated rings. The standard InChI is InChI=1S/C23H24N2O3S/c1-3-7-16-11-12-19(20(14-16)27-2)28-15-22(26)25-13-6-9-18(25)23-24-17-8-4-5-10-21(17)29-23/h3-5,8,10-12,14,18H,1,6-7,9,13,15H2,2H3. The lowest BCUT2D eigenvalue weighted by Crippen LogP contribution is -2.34. The van der Waals surface area contributed by atoms with Crippen molar-refractivity contribution in [3.05, 3.63) is 65.7 Å². The van der Waals surface area contributed by atoms with Gasteiger partial charge in [-0.15, -0.1) is 17.9 Å². The van der Waals surface area contributed by atoms with Gasteiger partial charge in [0.05, 0.1) is 23.4 Å². The molecule has 0 N–H and O–H groups in total. The third-order valence-corrected chi connectivity index (χ3v) is 6.27. The van der Waals surface area contributed by atoms with Crippen LogP contribution in [-0.2, 0) is 11.2 Å².